The van der Waals surface area contributed by atoms with E-state index in [1.807, 2.05) is 25.6 Å². The van der Waals surface area contributed by atoms with Gasteiger partial charge in [0.05, 0.1) is 5.60 Å². The molecule has 2 rings (SSSR count). The molecule has 16 heavy (non-hydrogen) atoms. The van der Waals surface area contributed by atoms with Crippen LogP contribution in [-0.4, -0.2) is 29.5 Å². The molecule has 0 radical (unpaired) electrons. The van der Waals surface area contributed by atoms with Crippen LogP contribution in [0.2, 0.25) is 0 Å². The molecule has 0 aromatic carbocycles. The van der Waals surface area contributed by atoms with Crippen molar-refractivity contribution in [1.82, 2.24) is 0 Å². The third-order valence-electron chi connectivity index (χ3n) is 3.87. The van der Waals surface area contributed by atoms with Crippen molar-refractivity contribution < 1.29 is 9.53 Å². The molecule has 1 unspecified atom stereocenters. The number of hydrogen-bond donors (Lipinski definition) is 0. The zero-order valence-corrected chi connectivity index (χ0v) is 11.1. The second-order valence-corrected chi connectivity index (χ2v) is 6.62. The minimum Gasteiger partial charge on any atom is -0.375 e. The number of ketones is 1. The van der Waals surface area contributed by atoms with E-state index in [4.69, 9.17) is 4.74 Å². The summed E-state index contributed by atoms with van der Waals surface area (Å²) < 4.78 is 6.00. The van der Waals surface area contributed by atoms with Crippen molar-refractivity contribution in [3.8, 4) is 0 Å². The number of carbonyl (C=O) groups is 1. The SMILES string of the molecule is CC(C)C(=O)C1CCOC2(CCSCC2)C1. The van der Waals surface area contributed by atoms with E-state index in [0.29, 0.717) is 5.78 Å². The van der Waals surface area contributed by atoms with Crippen LogP contribution in [0, 0.1) is 11.8 Å². The van der Waals surface area contributed by atoms with Crippen molar-refractivity contribution in [2.75, 3.05) is 18.1 Å². The summed E-state index contributed by atoms with van der Waals surface area (Å²) in [5, 5.41) is 0. The van der Waals surface area contributed by atoms with Crippen LogP contribution in [0.4, 0.5) is 0 Å². The van der Waals surface area contributed by atoms with Crippen molar-refractivity contribution in [2.24, 2.45) is 11.8 Å². The van der Waals surface area contributed by atoms with E-state index in [2.05, 4.69) is 0 Å². The summed E-state index contributed by atoms with van der Waals surface area (Å²) in [6.07, 6.45) is 4.19. The van der Waals surface area contributed by atoms with Crippen molar-refractivity contribution in [3.63, 3.8) is 0 Å². The largest absolute Gasteiger partial charge is 0.375 e. The summed E-state index contributed by atoms with van der Waals surface area (Å²) in [7, 11) is 0. The van der Waals surface area contributed by atoms with E-state index in [1.54, 1.807) is 0 Å². The van der Waals surface area contributed by atoms with E-state index >= 15 is 0 Å². The van der Waals surface area contributed by atoms with Gasteiger partial charge in [0.25, 0.3) is 0 Å². The van der Waals surface area contributed by atoms with E-state index in [9.17, 15) is 4.79 Å². The summed E-state index contributed by atoms with van der Waals surface area (Å²) in [6.45, 7) is 4.82. The lowest BCUT2D eigenvalue weighted by molar-refractivity contribution is -0.141. The average Bonchev–Trinajstić information content (AvgIpc) is 2.29. The summed E-state index contributed by atoms with van der Waals surface area (Å²) in [6, 6.07) is 0. The van der Waals surface area contributed by atoms with Crippen molar-refractivity contribution in [1.29, 1.82) is 0 Å². The average molecular weight is 242 g/mol. The Morgan fingerprint density at radius 3 is 2.69 bits per heavy atom. The first kappa shape index (κ1) is 12.4. The number of ether oxygens (including phenoxy) is 1. The Kier molecular flexibility index (Phi) is 3.96. The van der Waals surface area contributed by atoms with E-state index in [-0.39, 0.29) is 17.4 Å². The molecule has 2 aliphatic heterocycles. The smallest absolute Gasteiger partial charge is 0.138 e. The Bertz CT molecular complexity index is 251. The normalized spacial score (nSPS) is 29.6. The third kappa shape index (κ3) is 2.62. The van der Waals surface area contributed by atoms with Gasteiger partial charge in [0, 0.05) is 18.4 Å². The molecule has 2 fully saturated rings. The number of thioether (sulfide) groups is 1. The maximum atomic E-state index is 12.1. The maximum absolute atomic E-state index is 12.1. The number of carbonyl (C=O) groups excluding carboxylic acids is 1. The Hall–Kier alpha value is -0.0200. The molecule has 0 aromatic rings. The molecule has 0 N–H and O–H groups in total. The summed E-state index contributed by atoms with van der Waals surface area (Å²) in [5.74, 6) is 3.28. The highest BCUT2D eigenvalue weighted by Gasteiger charge is 2.41. The fourth-order valence-electron chi connectivity index (χ4n) is 2.83. The number of hydrogen-bond acceptors (Lipinski definition) is 3. The molecule has 1 spiro atoms. The minimum absolute atomic E-state index is 0.0543. The van der Waals surface area contributed by atoms with E-state index in [0.717, 1.165) is 32.3 Å². The molecule has 0 aliphatic carbocycles. The first-order valence-corrected chi connectivity index (χ1v) is 7.54. The van der Waals surface area contributed by atoms with Crippen LogP contribution < -0.4 is 0 Å². The van der Waals surface area contributed by atoms with Gasteiger partial charge < -0.3 is 4.74 Å². The van der Waals surface area contributed by atoms with Gasteiger partial charge in [-0.1, -0.05) is 13.8 Å². The monoisotopic (exact) mass is 242 g/mol. The molecular formula is C13H22O2S. The zero-order chi connectivity index (χ0) is 11.6. The van der Waals surface area contributed by atoms with Crippen molar-refractivity contribution in [2.45, 2.75) is 45.1 Å². The van der Waals surface area contributed by atoms with Gasteiger partial charge in [0.1, 0.15) is 5.78 Å². The number of Topliss-reactive ketones (excluding diaryl/α,β-unsaturated/α-hetero) is 1. The van der Waals surface area contributed by atoms with Gasteiger partial charge in [-0.05, 0) is 37.2 Å². The van der Waals surface area contributed by atoms with Gasteiger partial charge in [-0.2, -0.15) is 11.8 Å². The van der Waals surface area contributed by atoms with Crippen molar-refractivity contribution >= 4 is 17.5 Å². The standard InChI is InChI=1S/C13H22O2S/c1-10(2)12(14)11-3-6-15-13(9-11)4-7-16-8-5-13/h10-11H,3-9H2,1-2H3. The van der Waals surface area contributed by atoms with Crippen LogP contribution >= 0.6 is 11.8 Å². The lowest BCUT2D eigenvalue weighted by Gasteiger charge is -2.43. The first-order valence-electron chi connectivity index (χ1n) is 6.38. The van der Waals surface area contributed by atoms with Crippen LogP contribution in [0.5, 0.6) is 0 Å². The molecule has 1 atom stereocenters. The summed E-state index contributed by atoms with van der Waals surface area (Å²) in [4.78, 5) is 12.1. The highest BCUT2D eigenvalue weighted by atomic mass is 32.2. The van der Waals surface area contributed by atoms with Crippen LogP contribution in [0.3, 0.4) is 0 Å². The molecule has 2 saturated heterocycles. The molecule has 0 aromatic heterocycles. The fraction of sp³-hybridized carbons (Fsp3) is 0.923. The van der Waals surface area contributed by atoms with E-state index < -0.39 is 0 Å². The Morgan fingerprint density at radius 1 is 1.38 bits per heavy atom. The highest BCUT2D eigenvalue weighted by Crippen LogP contribution is 2.40. The summed E-state index contributed by atoms with van der Waals surface area (Å²) >= 11 is 2.01. The van der Waals surface area contributed by atoms with Gasteiger partial charge >= 0.3 is 0 Å². The molecule has 0 saturated carbocycles. The molecule has 0 amide bonds. The van der Waals surface area contributed by atoms with Crippen LogP contribution in [0.25, 0.3) is 0 Å². The Labute approximate surface area is 103 Å². The zero-order valence-electron chi connectivity index (χ0n) is 10.3. The highest BCUT2D eigenvalue weighted by molar-refractivity contribution is 7.99. The minimum atomic E-state index is 0.0543. The number of rotatable bonds is 2. The lowest BCUT2D eigenvalue weighted by atomic mass is 9.78. The van der Waals surface area contributed by atoms with Gasteiger partial charge in [-0.3, -0.25) is 4.79 Å². The predicted octanol–water partition coefficient (Wildman–Crippen LogP) is 2.90. The Morgan fingerprint density at radius 2 is 2.06 bits per heavy atom. The molecule has 2 heterocycles. The molecular weight excluding hydrogens is 220 g/mol. The predicted molar refractivity (Wildman–Crippen MR) is 67.8 cm³/mol. The summed E-state index contributed by atoms with van der Waals surface area (Å²) in [5.41, 5.74) is 0.0543. The molecule has 3 heteroatoms. The Balaban J connectivity index is 2.00. The fourth-order valence-corrected chi connectivity index (χ4v) is 4.07. The lowest BCUT2D eigenvalue weighted by Crippen LogP contribution is -2.45. The van der Waals surface area contributed by atoms with Gasteiger partial charge in [-0.25, -0.2) is 0 Å². The molecule has 92 valence electrons. The topological polar surface area (TPSA) is 26.3 Å². The van der Waals surface area contributed by atoms with Crippen LogP contribution in [-0.2, 0) is 9.53 Å². The van der Waals surface area contributed by atoms with Crippen molar-refractivity contribution in [3.05, 3.63) is 0 Å². The third-order valence-corrected chi connectivity index (χ3v) is 4.85. The maximum Gasteiger partial charge on any atom is 0.138 e. The molecule has 2 aliphatic rings. The second-order valence-electron chi connectivity index (χ2n) is 5.39. The van der Waals surface area contributed by atoms with Crippen LogP contribution in [0.1, 0.15) is 39.5 Å². The second kappa shape index (κ2) is 5.09. The van der Waals surface area contributed by atoms with Gasteiger partial charge in [-0.15, -0.1) is 0 Å². The quantitative estimate of drug-likeness (QED) is 0.745. The van der Waals surface area contributed by atoms with E-state index in [1.165, 1.54) is 11.5 Å². The molecule has 2 nitrogen and oxygen atoms in total. The van der Waals surface area contributed by atoms with Gasteiger partial charge in [0.2, 0.25) is 0 Å². The van der Waals surface area contributed by atoms with Gasteiger partial charge in [0.15, 0.2) is 0 Å². The molecule has 0 bridgehead atoms. The van der Waals surface area contributed by atoms with Crippen LogP contribution in [0.15, 0.2) is 0 Å². The first-order chi connectivity index (χ1) is 7.63.